The Morgan fingerprint density at radius 1 is 1.50 bits per heavy atom. The minimum atomic E-state index is -3.48. The fourth-order valence-corrected chi connectivity index (χ4v) is 2.23. The molecule has 0 spiro atoms. The summed E-state index contributed by atoms with van der Waals surface area (Å²) in [5.41, 5.74) is 0. The number of carbonyl (C=O) groups is 2. The van der Waals surface area contributed by atoms with Gasteiger partial charge in [0.25, 0.3) is 0 Å². The molecule has 0 aromatic rings. The lowest BCUT2D eigenvalue weighted by atomic mass is 10.1. The summed E-state index contributed by atoms with van der Waals surface area (Å²) in [6.07, 6.45) is 0.741. The third-order valence-electron chi connectivity index (χ3n) is 2.91. The van der Waals surface area contributed by atoms with Crippen molar-refractivity contribution < 1.29 is 27.9 Å². The Morgan fingerprint density at radius 3 is 2.61 bits per heavy atom. The largest absolute Gasteiger partial charge is 0.481 e. The quantitative estimate of drug-likeness (QED) is 0.717. The summed E-state index contributed by atoms with van der Waals surface area (Å²) >= 11 is 0. The number of ether oxygens (including phenoxy) is 1. The van der Waals surface area contributed by atoms with Gasteiger partial charge in [0.15, 0.2) is 9.84 Å². The topological polar surface area (TPSA) is 101 Å². The van der Waals surface area contributed by atoms with Crippen molar-refractivity contribution in [2.45, 2.75) is 24.6 Å². The van der Waals surface area contributed by atoms with Crippen LogP contribution >= 0.6 is 0 Å². The molecule has 104 valence electrons. The van der Waals surface area contributed by atoms with Gasteiger partial charge in [-0.1, -0.05) is 0 Å². The molecule has 0 bridgehead atoms. The molecule has 2 unspecified atom stereocenters. The summed E-state index contributed by atoms with van der Waals surface area (Å²) < 4.78 is 27.8. The summed E-state index contributed by atoms with van der Waals surface area (Å²) in [6.45, 7) is 1.94. The van der Waals surface area contributed by atoms with E-state index < -0.39 is 33.0 Å². The van der Waals surface area contributed by atoms with Crippen LogP contribution in [0, 0.1) is 0 Å². The SMILES string of the molecule is CC(C(=O)N1CCOCC1CC(=O)O)S(C)(=O)=O. The van der Waals surface area contributed by atoms with E-state index in [0.29, 0.717) is 6.61 Å². The van der Waals surface area contributed by atoms with Crippen molar-refractivity contribution in [1.29, 1.82) is 0 Å². The van der Waals surface area contributed by atoms with Gasteiger partial charge in [-0.05, 0) is 6.92 Å². The average molecular weight is 279 g/mol. The number of morpholine rings is 1. The minimum Gasteiger partial charge on any atom is -0.481 e. The van der Waals surface area contributed by atoms with Crippen LogP contribution in [-0.2, 0) is 24.2 Å². The summed E-state index contributed by atoms with van der Waals surface area (Å²) in [6, 6.07) is -0.604. The summed E-state index contributed by atoms with van der Waals surface area (Å²) in [7, 11) is -3.48. The van der Waals surface area contributed by atoms with E-state index in [1.807, 2.05) is 0 Å². The van der Waals surface area contributed by atoms with Crippen molar-refractivity contribution in [2.24, 2.45) is 0 Å². The molecule has 0 radical (unpaired) electrons. The van der Waals surface area contributed by atoms with Crippen LogP contribution in [0.5, 0.6) is 0 Å². The predicted octanol–water partition coefficient (Wildman–Crippen LogP) is -0.878. The van der Waals surface area contributed by atoms with Gasteiger partial charge < -0.3 is 14.7 Å². The van der Waals surface area contributed by atoms with Crippen molar-refractivity contribution in [3.63, 3.8) is 0 Å². The molecule has 0 aliphatic carbocycles. The molecule has 0 aromatic heterocycles. The molecule has 8 heteroatoms. The van der Waals surface area contributed by atoms with E-state index in [1.54, 1.807) is 0 Å². The Hall–Kier alpha value is -1.15. The molecule has 18 heavy (non-hydrogen) atoms. The number of amides is 1. The molecule has 1 aliphatic rings. The number of carbonyl (C=O) groups excluding carboxylic acids is 1. The molecule has 2 atom stereocenters. The third kappa shape index (κ3) is 3.67. The zero-order valence-electron chi connectivity index (χ0n) is 10.3. The zero-order chi connectivity index (χ0) is 13.9. The maximum atomic E-state index is 12.0. The van der Waals surface area contributed by atoms with Gasteiger partial charge in [-0.25, -0.2) is 8.42 Å². The molecule has 1 heterocycles. The Bertz CT molecular complexity index is 432. The molecular weight excluding hydrogens is 262 g/mol. The van der Waals surface area contributed by atoms with Crippen LogP contribution in [0.1, 0.15) is 13.3 Å². The van der Waals surface area contributed by atoms with Crippen LogP contribution in [0.15, 0.2) is 0 Å². The zero-order valence-corrected chi connectivity index (χ0v) is 11.1. The maximum Gasteiger partial charge on any atom is 0.305 e. The van der Waals surface area contributed by atoms with Crippen LogP contribution in [-0.4, -0.2) is 67.6 Å². The first-order valence-electron chi connectivity index (χ1n) is 5.52. The molecule has 1 fully saturated rings. The number of carboxylic acids is 1. The Labute approximate surface area is 106 Å². The normalized spacial score (nSPS) is 22.6. The molecule has 0 saturated carbocycles. The number of rotatable bonds is 4. The minimum absolute atomic E-state index is 0.120. The number of hydrogen-bond donors (Lipinski definition) is 1. The van der Waals surface area contributed by atoms with Crippen molar-refractivity contribution in [3.05, 3.63) is 0 Å². The van der Waals surface area contributed by atoms with Crippen LogP contribution in [0.3, 0.4) is 0 Å². The first-order chi connectivity index (χ1) is 8.23. The predicted molar refractivity (Wildman–Crippen MR) is 62.9 cm³/mol. The fourth-order valence-electron chi connectivity index (χ4n) is 1.73. The molecule has 1 amide bonds. The standard InChI is InChI=1S/C10H17NO6S/c1-7(18(2,15)16)10(14)11-3-4-17-6-8(11)5-9(12)13/h7-8H,3-6H2,1-2H3,(H,12,13). The molecule has 1 aliphatic heterocycles. The van der Waals surface area contributed by atoms with Crippen LogP contribution in [0.25, 0.3) is 0 Å². The Balaban J connectivity index is 2.83. The van der Waals surface area contributed by atoms with Gasteiger partial charge in [0.2, 0.25) is 5.91 Å². The summed E-state index contributed by atoms with van der Waals surface area (Å²) in [5, 5.41) is 7.59. The Kier molecular flexibility index (Phi) is 4.69. The van der Waals surface area contributed by atoms with E-state index in [-0.39, 0.29) is 19.6 Å². The molecular formula is C10H17NO6S. The second-order valence-corrected chi connectivity index (χ2v) is 6.70. The second kappa shape index (κ2) is 5.66. The third-order valence-corrected chi connectivity index (χ3v) is 4.40. The van der Waals surface area contributed by atoms with Crippen LogP contribution in [0.2, 0.25) is 0 Å². The van der Waals surface area contributed by atoms with Crippen molar-refractivity contribution >= 4 is 21.7 Å². The van der Waals surface area contributed by atoms with Gasteiger partial charge in [0.05, 0.1) is 25.7 Å². The molecule has 0 aromatic carbocycles. The van der Waals surface area contributed by atoms with Gasteiger partial charge in [-0.3, -0.25) is 9.59 Å². The van der Waals surface area contributed by atoms with E-state index in [9.17, 15) is 18.0 Å². The van der Waals surface area contributed by atoms with Gasteiger partial charge in [-0.2, -0.15) is 0 Å². The monoisotopic (exact) mass is 279 g/mol. The number of nitrogens with zero attached hydrogens (tertiary/aromatic N) is 1. The molecule has 1 N–H and O–H groups in total. The lowest BCUT2D eigenvalue weighted by Crippen LogP contribution is -2.53. The number of hydrogen-bond acceptors (Lipinski definition) is 5. The van der Waals surface area contributed by atoms with E-state index >= 15 is 0 Å². The molecule has 1 saturated heterocycles. The van der Waals surface area contributed by atoms with Gasteiger partial charge in [-0.15, -0.1) is 0 Å². The first-order valence-corrected chi connectivity index (χ1v) is 7.48. The maximum absolute atomic E-state index is 12.0. The fraction of sp³-hybridized carbons (Fsp3) is 0.800. The first kappa shape index (κ1) is 14.9. The van der Waals surface area contributed by atoms with E-state index in [2.05, 4.69) is 0 Å². The summed E-state index contributed by atoms with van der Waals surface area (Å²) in [5.74, 6) is -1.61. The van der Waals surface area contributed by atoms with Crippen LogP contribution < -0.4 is 0 Å². The lowest BCUT2D eigenvalue weighted by molar-refractivity contribution is -0.145. The highest BCUT2D eigenvalue weighted by Gasteiger charge is 2.35. The lowest BCUT2D eigenvalue weighted by Gasteiger charge is -2.36. The van der Waals surface area contributed by atoms with Gasteiger partial charge in [0.1, 0.15) is 5.25 Å². The highest BCUT2D eigenvalue weighted by atomic mass is 32.2. The van der Waals surface area contributed by atoms with Crippen molar-refractivity contribution in [3.8, 4) is 0 Å². The number of carboxylic acid groups (broad SMARTS) is 1. The Morgan fingerprint density at radius 2 is 2.11 bits per heavy atom. The van der Waals surface area contributed by atoms with E-state index in [4.69, 9.17) is 9.84 Å². The second-order valence-electron chi connectivity index (χ2n) is 4.33. The molecule has 1 rings (SSSR count). The van der Waals surface area contributed by atoms with E-state index in [1.165, 1.54) is 11.8 Å². The highest BCUT2D eigenvalue weighted by Crippen LogP contribution is 2.14. The highest BCUT2D eigenvalue weighted by molar-refractivity contribution is 7.92. The summed E-state index contributed by atoms with van der Waals surface area (Å²) in [4.78, 5) is 24.0. The van der Waals surface area contributed by atoms with Crippen LogP contribution in [0.4, 0.5) is 0 Å². The van der Waals surface area contributed by atoms with Crippen molar-refractivity contribution in [2.75, 3.05) is 26.0 Å². The number of aliphatic carboxylic acids is 1. The molecule has 7 nitrogen and oxygen atoms in total. The van der Waals surface area contributed by atoms with E-state index in [0.717, 1.165) is 6.26 Å². The van der Waals surface area contributed by atoms with Crippen molar-refractivity contribution in [1.82, 2.24) is 4.90 Å². The number of sulfone groups is 1. The van der Waals surface area contributed by atoms with Gasteiger partial charge in [0, 0.05) is 12.8 Å². The average Bonchev–Trinajstić information content (AvgIpc) is 2.26. The smallest absolute Gasteiger partial charge is 0.305 e. The van der Waals surface area contributed by atoms with Gasteiger partial charge >= 0.3 is 5.97 Å².